The third-order valence-corrected chi connectivity index (χ3v) is 4.35. The summed E-state index contributed by atoms with van der Waals surface area (Å²) in [7, 11) is 1.62. The van der Waals surface area contributed by atoms with Crippen molar-refractivity contribution in [2.45, 2.75) is 19.9 Å². The molecule has 0 atom stereocenters. The first-order valence-electron chi connectivity index (χ1n) is 7.37. The molecule has 2 heterocycles. The minimum atomic E-state index is -0.0299. The van der Waals surface area contributed by atoms with Crippen LogP contribution in [0.15, 0.2) is 29.9 Å². The van der Waals surface area contributed by atoms with E-state index in [9.17, 15) is 4.79 Å². The first-order valence-corrected chi connectivity index (χ1v) is 8.25. The van der Waals surface area contributed by atoms with E-state index in [0.717, 1.165) is 27.6 Å². The molecule has 0 aliphatic carbocycles. The molecule has 2 aromatic heterocycles. The molecule has 24 heavy (non-hydrogen) atoms. The van der Waals surface area contributed by atoms with Crippen LogP contribution in [-0.4, -0.2) is 38.1 Å². The van der Waals surface area contributed by atoms with E-state index >= 15 is 0 Å². The van der Waals surface area contributed by atoms with Crippen LogP contribution in [0.2, 0.25) is 0 Å². The molecule has 124 valence electrons. The number of thiazole rings is 1. The second kappa shape index (κ2) is 7.18. The number of benzene rings is 1. The molecule has 0 unspecified atom stereocenters. The van der Waals surface area contributed by atoms with E-state index < -0.39 is 0 Å². The minimum Gasteiger partial charge on any atom is -0.379 e. The summed E-state index contributed by atoms with van der Waals surface area (Å²) < 4.78 is 1.63. The topological polar surface area (TPSA) is 97.6 Å². The van der Waals surface area contributed by atoms with E-state index in [-0.39, 0.29) is 5.91 Å². The van der Waals surface area contributed by atoms with E-state index in [0.29, 0.717) is 13.0 Å². The molecule has 0 spiro atoms. The maximum absolute atomic E-state index is 11.4. The van der Waals surface area contributed by atoms with Crippen LogP contribution in [0.5, 0.6) is 0 Å². The summed E-state index contributed by atoms with van der Waals surface area (Å²) in [5.74, 6) is -0.0299. The van der Waals surface area contributed by atoms with Gasteiger partial charge in [-0.15, -0.1) is 16.4 Å². The fourth-order valence-corrected chi connectivity index (χ4v) is 3.02. The van der Waals surface area contributed by atoms with Gasteiger partial charge in [-0.3, -0.25) is 4.79 Å². The highest BCUT2D eigenvalue weighted by Gasteiger charge is 2.07. The van der Waals surface area contributed by atoms with Gasteiger partial charge in [-0.2, -0.15) is 0 Å². The Hall–Kier alpha value is -2.81. The van der Waals surface area contributed by atoms with Crippen molar-refractivity contribution in [3.8, 4) is 5.69 Å². The SMILES string of the molecule is CNC(=O)Cc1nc(CNc2ccc(-n3cnnn3)c(C)c2)cs1. The lowest BCUT2D eigenvalue weighted by Gasteiger charge is -2.09. The van der Waals surface area contributed by atoms with Gasteiger partial charge in [-0.25, -0.2) is 9.67 Å². The van der Waals surface area contributed by atoms with Crippen molar-refractivity contribution in [3.63, 3.8) is 0 Å². The zero-order valence-electron chi connectivity index (χ0n) is 13.4. The molecule has 9 heteroatoms. The quantitative estimate of drug-likeness (QED) is 0.701. The van der Waals surface area contributed by atoms with Crippen molar-refractivity contribution >= 4 is 22.9 Å². The monoisotopic (exact) mass is 343 g/mol. The summed E-state index contributed by atoms with van der Waals surface area (Å²) in [6.45, 7) is 2.61. The van der Waals surface area contributed by atoms with Crippen LogP contribution in [0.25, 0.3) is 5.69 Å². The zero-order chi connectivity index (χ0) is 16.9. The molecule has 0 aliphatic rings. The van der Waals surface area contributed by atoms with E-state index in [4.69, 9.17) is 0 Å². The molecule has 0 saturated heterocycles. The van der Waals surface area contributed by atoms with Crippen LogP contribution in [0.1, 0.15) is 16.3 Å². The van der Waals surface area contributed by atoms with Gasteiger partial charge < -0.3 is 10.6 Å². The normalized spacial score (nSPS) is 10.6. The van der Waals surface area contributed by atoms with Crippen molar-refractivity contribution in [1.82, 2.24) is 30.5 Å². The van der Waals surface area contributed by atoms with Crippen LogP contribution in [0.4, 0.5) is 5.69 Å². The summed E-state index contributed by atoms with van der Waals surface area (Å²) in [4.78, 5) is 15.8. The van der Waals surface area contributed by atoms with Crippen LogP contribution in [0, 0.1) is 6.92 Å². The Kier molecular flexibility index (Phi) is 4.80. The number of nitrogens with zero attached hydrogens (tertiary/aromatic N) is 5. The predicted molar refractivity (Wildman–Crippen MR) is 91.1 cm³/mol. The molecule has 2 N–H and O–H groups in total. The fraction of sp³-hybridized carbons (Fsp3) is 0.267. The Balaban J connectivity index is 1.63. The molecule has 3 aromatic rings. The van der Waals surface area contributed by atoms with Gasteiger partial charge in [0.1, 0.15) is 11.3 Å². The van der Waals surface area contributed by atoms with Gasteiger partial charge >= 0.3 is 0 Å². The zero-order valence-corrected chi connectivity index (χ0v) is 14.2. The highest BCUT2D eigenvalue weighted by molar-refractivity contribution is 7.09. The third-order valence-electron chi connectivity index (χ3n) is 3.46. The summed E-state index contributed by atoms with van der Waals surface area (Å²) in [6, 6.07) is 5.97. The number of hydrogen-bond donors (Lipinski definition) is 2. The smallest absolute Gasteiger partial charge is 0.226 e. The molecule has 0 bridgehead atoms. The summed E-state index contributed by atoms with van der Waals surface area (Å²) in [5, 5.41) is 19.9. The Morgan fingerprint density at radius 3 is 2.96 bits per heavy atom. The number of likely N-dealkylation sites (N-methyl/N-ethyl adjacent to an activating group) is 1. The van der Waals surface area contributed by atoms with E-state index in [1.165, 1.54) is 11.3 Å². The molecule has 0 radical (unpaired) electrons. The third kappa shape index (κ3) is 3.74. The van der Waals surface area contributed by atoms with Gasteiger partial charge in [0.25, 0.3) is 0 Å². The van der Waals surface area contributed by atoms with Crippen LogP contribution >= 0.6 is 11.3 Å². The Morgan fingerprint density at radius 1 is 1.38 bits per heavy atom. The predicted octanol–water partition coefficient (Wildman–Crippen LogP) is 1.33. The van der Waals surface area contributed by atoms with Crippen molar-refractivity contribution in [2.75, 3.05) is 12.4 Å². The van der Waals surface area contributed by atoms with Gasteiger partial charge in [-0.05, 0) is 41.1 Å². The number of carbonyl (C=O) groups is 1. The number of anilines is 1. The summed E-state index contributed by atoms with van der Waals surface area (Å²) in [6.07, 6.45) is 1.89. The lowest BCUT2D eigenvalue weighted by atomic mass is 10.2. The number of amides is 1. The number of hydrogen-bond acceptors (Lipinski definition) is 7. The summed E-state index contributed by atoms with van der Waals surface area (Å²) in [5.41, 5.74) is 3.91. The van der Waals surface area contributed by atoms with E-state index in [1.807, 2.05) is 30.5 Å². The first-order chi connectivity index (χ1) is 11.7. The molecule has 0 fully saturated rings. The molecule has 0 aliphatic heterocycles. The molecule has 8 nitrogen and oxygen atoms in total. The number of rotatable bonds is 6. The van der Waals surface area contributed by atoms with Crippen molar-refractivity contribution in [3.05, 3.63) is 46.2 Å². The second-order valence-electron chi connectivity index (χ2n) is 5.19. The molecule has 3 rings (SSSR count). The number of aryl methyl sites for hydroxylation is 1. The van der Waals surface area contributed by atoms with E-state index in [1.54, 1.807) is 18.1 Å². The molecule has 1 aromatic carbocycles. The summed E-state index contributed by atoms with van der Waals surface area (Å²) >= 11 is 1.49. The van der Waals surface area contributed by atoms with Gasteiger partial charge in [0.05, 0.1) is 24.3 Å². The molecular weight excluding hydrogens is 326 g/mol. The van der Waals surface area contributed by atoms with Crippen molar-refractivity contribution < 1.29 is 4.79 Å². The molecule has 1 amide bonds. The van der Waals surface area contributed by atoms with E-state index in [2.05, 4.69) is 31.1 Å². The number of nitrogens with one attached hydrogen (secondary N) is 2. The van der Waals surface area contributed by atoms with Crippen molar-refractivity contribution in [2.24, 2.45) is 0 Å². The maximum Gasteiger partial charge on any atom is 0.226 e. The Bertz CT molecular complexity index is 828. The lowest BCUT2D eigenvalue weighted by Crippen LogP contribution is -2.19. The number of tetrazole rings is 1. The highest BCUT2D eigenvalue weighted by Crippen LogP contribution is 2.19. The maximum atomic E-state index is 11.4. The van der Waals surface area contributed by atoms with Gasteiger partial charge in [0.15, 0.2) is 0 Å². The average Bonchev–Trinajstić information content (AvgIpc) is 3.25. The lowest BCUT2D eigenvalue weighted by molar-refractivity contribution is -0.119. The average molecular weight is 343 g/mol. The standard InChI is InChI=1S/C15H17N7OS/c1-10-5-11(3-4-13(10)22-9-18-20-21-22)17-7-12-8-24-15(19-12)6-14(23)16-2/h3-5,8-9,17H,6-7H2,1-2H3,(H,16,23). The van der Waals surface area contributed by atoms with Crippen LogP contribution < -0.4 is 10.6 Å². The van der Waals surface area contributed by atoms with Gasteiger partial charge in [-0.1, -0.05) is 0 Å². The van der Waals surface area contributed by atoms with Gasteiger partial charge in [0.2, 0.25) is 5.91 Å². The van der Waals surface area contributed by atoms with Crippen molar-refractivity contribution in [1.29, 1.82) is 0 Å². The first kappa shape index (κ1) is 16.1. The largest absolute Gasteiger partial charge is 0.379 e. The molecule has 0 saturated carbocycles. The fourth-order valence-electron chi connectivity index (χ4n) is 2.22. The Labute approximate surface area is 142 Å². The second-order valence-corrected chi connectivity index (χ2v) is 6.13. The minimum absolute atomic E-state index is 0.0299. The number of carbonyl (C=O) groups excluding carboxylic acids is 1. The molecular formula is C15H17N7OS. The van der Waals surface area contributed by atoms with Crippen LogP contribution in [0.3, 0.4) is 0 Å². The Morgan fingerprint density at radius 2 is 2.25 bits per heavy atom. The number of aromatic nitrogens is 5. The highest BCUT2D eigenvalue weighted by atomic mass is 32.1. The van der Waals surface area contributed by atoms with Crippen LogP contribution in [-0.2, 0) is 17.8 Å². The van der Waals surface area contributed by atoms with Gasteiger partial charge in [0, 0.05) is 18.1 Å².